The van der Waals surface area contributed by atoms with Gasteiger partial charge in [0.1, 0.15) is 0 Å². The van der Waals surface area contributed by atoms with Crippen LogP contribution in [0, 0.1) is 0 Å². The maximum atomic E-state index is 4.09. The number of hydrogen-bond acceptors (Lipinski definition) is 1. The molecule has 0 saturated carbocycles. The standard InChI is InChI=1S/C7H14S/c1-2-3-4-5-6-7-8/h3-4,8H,2,5-7H2,1H3. The molecule has 0 aliphatic rings. The molecule has 0 unspecified atom stereocenters. The van der Waals surface area contributed by atoms with E-state index in [-0.39, 0.29) is 0 Å². The minimum atomic E-state index is 1.01. The van der Waals surface area contributed by atoms with Crippen LogP contribution in [0.3, 0.4) is 0 Å². The lowest BCUT2D eigenvalue weighted by Gasteiger charge is -1.85. The summed E-state index contributed by atoms with van der Waals surface area (Å²) in [6, 6.07) is 0. The molecule has 1 heteroatoms. The normalized spacial score (nSPS) is 10.8. The lowest BCUT2D eigenvalue weighted by atomic mass is 10.3. The summed E-state index contributed by atoms with van der Waals surface area (Å²) in [5.41, 5.74) is 0. The van der Waals surface area contributed by atoms with Gasteiger partial charge in [-0.25, -0.2) is 0 Å². The van der Waals surface area contributed by atoms with Crippen LogP contribution in [0.2, 0.25) is 0 Å². The molecule has 0 heterocycles. The van der Waals surface area contributed by atoms with Crippen LogP contribution in [0.25, 0.3) is 0 Å². The van der Waals surface area contributed by atoms with Crippen molar-refractivity contribution < 1.29 is 0 Å². The summed E-state index contributed by atoms with van der Waals surface area (Å²) in [7, 11) is 0. The summed E-state index contributed by atoms with van der Waals surface area (Å²) in [6.07, 6.45) is 7.98. The van der Waals surface area contributed by atoms with Gasteiger partial charge in [0, 0.05) is 0 Å². The molecule has 0 spiro atoms. The molecule has 0 saturated heterocycles. The number of rotatable bonds is 4. The van der Waals surface area contributed by atoms with Gasteiger partial charge in [-0.05, 0) is 25.0 Å². The summed E-state index contributed by atoms with van der Waals surface area (Å²) in [4.78, 5) is 0. The van der Waals surface area contributed by atoms with E-state index in [0.29, 0.717) is 0 Å². The monoisotopic (exact) mass is 130 g/mol. The van der Waals surface area contributed by atoms with Crippen molar-refractivity contribution in [3.8, 4) is 0 Å². The Morgan fingerprint density at radius 1 is 1.38 bits per heavy atom. The number of thiol groups is 1. The summed E-state index contributed by atoms with van der Waals surface area (Å²) in [6.45, 7) is 2.15. The van der Waals surface area contributed by atoms with Crippen LogP contribution >= 0.6 is 12.6 Å². The van der Waals surface area contributed by atoms with E-state index in [1.54, 1.807) is 0 Å². The van der Waals surface area contributed by atoms with Crippen molar-refractivity contribution in [3.05, 3.63) is 12.2 Å². The zero-order valence-electron chi connectivity index (χ0n) is 5.43. The minimum Gasteiger partial charge on any atom is -0.179 e. The first-order valence-electron chi connectivity index (χ1n) is 3.17. The molecule has 0 rings (SSSR count). The molecule has 0 nitrogen and oxygen atoms in total. The second kappa shape index (κ2) is 7.09. The molecule has 8 heavy (non-hydrogen) atoms. The van der Waals surface area contributed by atoms with Crippen molar-refractivity contribution in [3.63, 3.8) is 0 Å². The largest absolute Gasteiger partial charge is 0.179 e. The van der Waals surface area contributed by atoms with Crippen molar-refractivity contribution in [1.29, 1.82) is 0 Å². The van der Waals surface area contributed by atoms with Crippen LogP contribution in [0.1, 0.15) is 26.2 Å². The van der Waals surface area contributed by atoms with Gasteiger partial charge in [0.05, 0.1) is 0 Å². The van der Waals surface area contributed by atoms with Crippen LogP contribution < -0.4 is 0 Å². The Bertz CT molecular complexity index is 57.4. The third-order valence-corrected chi connectivity index (χ3v) is 1.25. The van der Waals surface area contributed by atoms with Crippen LogP contribution in [-0.4, -0.2) is 5.75 Å². The average molecular weight is 130 g/mol. The Hall–Kier alpha value is 0.0900. The maximum absolute atomic E-state index is 4.09. The Morgan fingerprint density at radius 2 is 2.12 bits per heavy atom. The molecule has 0 bridgehead atoms. The molecule has 0 amide bonds. The second-order valence-electron chi connectivity index (χ2n) is 1.75. The first-order chi connectivity index (χ1) is 3.91. The van der Waals surface area contributed by atoms with Gasteiger partial charge in [0.25, 0.3) is 0 Å². The Morgan fingerprint density at radius 3 is 2.62 bits per heavy atom. The molecule has 0 aliphatic heterocycles. The van der Waals surface area contributed by atoms with Gasteiger partial charge in [0.15, 0.2) is 0 Å². The van der Waals surface area contributed by atoms with E-state index in [2.05, 4.69) is 31.7 Å². The van der Waals surface area contributed by atoms with Gasteiger partial charge in [-0.15, -0.1) is 0 Å². The van der Waals surface area contributed by atoms with Crippen LogP contribution in [0.4, 0.5) is 0 Å². The molecule has 0 radical (unpaired) electrons. The number of unbranched alkanes of at least 4 members (excludes halogenated alkanes) is 1. The zero-order valence-corrected chi connectivity index (χ0v) is 6.32. The van der Waals surface area contributed by atoms with Crippen molar-refractivity contribution in [2.24, 2.45) is 0 Å². The van der Waals surface area contributed by atoms with Crippen LogP contribution in [0.5, 0.6) is 0 Å². The van der Waals surface area contributed by atoms with Gasteiger partial charge in [-0.2, -0.15) is 12.6 Å². The van der Waals surface area contributed by atoms with Crippen LogP contribution in [0.15, 0.2) is 12.2 Å². The minimum absolute atomic E-state index is 1.01. The summed E-state index contributed by atoms with van der Waals surface area (Å²) in [5.74, 6) is 1.01. The predicted octanol–water partition coefficient (Wildman–Crippen LogP) is 2.66. The summed E-state index contributed by atoms with van der Waals surface area (Å²) < 4.78 is 0. The third kappa shape index (κ3) is 6.09. The maximum Gasteiger partial charge on any atom is -0.00950 e. The third-order valence-electron chi connectivity index (χ3n) is 0.931. The fraction of sp³-hybridized carbons (Fsp3) is 0.714. The highest BCUT2D eigenvalue weighted by Crippen LogP contribution is 1.93. The van der Waals surface area contributed by atoms with Gasteiger partial charge < -0.3 is 0 Å². The highest BCUT2D eigenvalue weighted by Gasteiger charge is 1.75. The Balaban J connectivity index is 2.80. The lowest BCUT2D eigenvalue weighted by Crippen LogP contribution is -1.69. The fourth-order valence-electron chi connectivity index (χ4n) is 0.494. The first kappa shape index (κ1) is 8.09. The van der Waals surface area contributed by atoms with E-state index in [0.717, 1.165) is 12.2 Å². The second-order valence-corrected chi connectivity index (χ2v) is 2.19. The lowest BCUT2D eigenvalue weighted by molar-refractivity contribution is 0.967. The molecule has 0 aromatic heterocycles. The smallest absolute Gasteiger partial charge is 0.00950 e. The van der Waals surface area contributed by atoms with Gasteiger partial charge >= 0.3 is 0 Å². The Kier molecular flexibility index (Phi) is 7.17. The molecule has 0 fully saturated rings. The fourth-order valence-corrected chi connectivity index (χ4v) is 0.676. The van der Waals surface area contributed by atoms with Crippen molar-refractivity contribution in [1.82, 2.24) is 0 Å². The topological polar surface area (TPSA) is 0 Å². The van der Waals surface area contributed by atoms with Gasteiger partial charge in [-0.1, -0.05) is 19.1 Å². The molecular weight excluding hydrogens is 116 g/mol. The van der Waals surface area contributed by atoms with E-state index in [1.807, 2.05) is 0 Å². The van der Waals surface area contributed by atoms with E-state index >= 15 is 0 Å². The average Bonchev–Trinajstić information content (AvgIpc) is 1.81. The van der Waals surface area contributed by atoms with Crippen molar-refractivity contribution >= 4 is 12.6 Å². The molecular formula is C7H14S. The molecule has 0 aliphatic carbocycles. The van der Waals surface area contributed by atoms with Gasteiger partial charge in [0.2, 0.25) is 0 Å². The van der Waals surface area contributed by atoms with E-state index in [9.17, 15) is 0 Å². The predicted molar refractivity (Wildman–Crippen MR) is 42.5 cm³/mol. The van der Waals surface area contributed by atoms with E-state index < -0.39 is 0 Å². The highest BCUT2D eigenvalue weighted by atomic mass is 32.1. The van der Waals surface area contributed by atoms with Crippen molar-refractivity contribution in [2.75, 3.05) is 5.75 Å². The molecule has 0 aromatic rings. The Labute approximate surface area is 57.4 Å². The quantitative estimate of drug-likeness (QED) is 0.337. The zero-order chi connectivity index (χ0) is 6.24. The first-order valence-corrected chi connectivity index (χ1v) is 3.81. The molecule has 0 atom stereocenters. The molecule has 48 valence electrons. The van der Waals surface area contributed by atoms with E-state index in [1.165, 1.54) is 12.8 Å². The molecule has 0 aromatic carbocycles. The molecule has 0 N–H and O–H groups in total. The summed E-state index contributed by atoms with van der Waals surface area (Å²) in [5, 5.41) is 0. The van der Waals surface area contributed by atoms with Crippen LogP contribution in [-0.2, 0) is 0 Å². The van der Waals surface area contributed by atoms with Crippen molar-refractivity contribution in [2.45, 2.75) is 26.2 Å². The number of hydrogen-bond donors (Lipinski definition) is 1. The van der Waals surface area contributed by atoms with Gasteiger partial charge in [-0.3, -0.25) is 0 Å². The SMILES string of the molecule is CCC=CCCCS. The highest BCUT2D eigenvalue weighted by molar-refractivity contribution is 7.80. The van der Waals surface area contributed by atoms with E-state index in [4.69, 9.17) is 0 Å². The summed E-state index contributed by atoms with van der Waals surface area (Å²) >= 11 is 4.09. The number of allylic oxidation sites excluding steroid dienone is 2.